The highest BCUT2D eigenvalue weighted by molar-refractivity contribution is 7.18. The van der Waals surface area contributed by atoms with Gasteiger partial charge in [0.2, 0.25) is 0 Å². The molecular weight excluding hydrogens is 324 g/mol. The van der Waals surface area contributed by atoms with Gasteiger partial charge in [0, 0.05) is 12.1 Å². The number of carbonyl (C=O) groups is 1. The number of thiazole rings is 1. The van der Waals surface area contributed by atoms with E-state index in [1.807, 2.05) is 12.1 Å². The van der Waals surface area contributed by atoms with Crippen molar-refractivity contribution >= 4 is 27.5 Å². The molecule has 0 amide bonds. The van der Waals surface area contributed by atoms with Crippen LogP contribution in [0.25, 0.3) is 10.2 Å². The van der Waals surface area contributed by atoms with Crippen LogP contribution in [0.2, 0.25) is 0 Å². The number of H-pyrrole nitrogens is 1. The lowest BCUT2D eigenvalue weighted by atomic mass is 10.2. The number of hydrogen-bond donors (Lipinski definition) is 1. The first-order valence-electron chi connectivity index (χ1n) is 7.96. The highest BCUT2D eigenvalue weighted by atomic mass is 32.1. The summed E-state index contributed by atoms with van der Waals surface area (Å²) in [5.41, 5.74) is 2.37. The van der Waals surface area contributed by atoms with Crippen molar-refractivity contribution in [3.63, 3.8) is 0 Å². The number of aromatic amines is 1. The number of ether oxygens (including phenoxy) is 1. The molecule has 0 unspecified atom stereocenters. The van der Waals surface area contributed by atoms with Crippen molar-refractivity contribution in [2.45, 2.75) is 25.4 Å². The van der Waals surface area contributed by atoms with Crippen molar-refractivity contribution in [1.82, 2.24) is 20.1 Å². The molecule has 0 aliphatic carbocycles. The Bertz CT molecular complexity index is 839. The molecule has 7 heteroatoms. The first-order chi connectivity index (χ1) is 11.8. The lowest BCUT2D eigenvalue weighted by molar-refractivity contribution is 0.0591. The zero-order valence-corrected chi connectivity index (χ0v) is 14.2. The minimum atomic E-state index is -0.377. The van der Waals surface area contributed by atoms with Gasteiger partial charge in [0.25, 0.3) is 0 Å². The monoisotopic (exact) mass is 342 g/mol. The van der Waals surface area contributed by atoms with E-state index >= 15 is 0 Å². The third-order valence-electron chi connectivity index (χ3n) is 4.44. The molecule has 4 rings (SSSR count). The van der Waals surface area contributed by atoms with Crippen LogP contribution in [0.1, 0.15) is 39.9 Å². The summed E-state index contributed by atoms with van der Waals surface area (Å²) in [5.74, 6) is -0.377. The van der Waals surface area contributed by atoms with E-state index in [-0.39, 0.29) is 5.97 Å². The van der Waals surface area contributed by atoms with E-state index in [2.05, 4.69) is 27.2 Å². The van der Waals surface area contributed by atoms with Gasteiger partial charge in [-0.1, -0.05) is 12.1 Å². The Morgan fingerprint density at radius 1 is 1.46 bits per heavy atom. The summed E-state index contributed by atoms with van der Waals surface area (Å²) >= 11 is 1.76. The SMILES string of the molecule is COC(=O)c1[nH]ncc1CN1CCC[C@H]1c1nc2ccccc2s1. The second-order valence-electron chi connectivity index (χ2n) is 5.91. The van der Waals surface area contributed by atoms with Gasteiger partial charge in [-0.3, -0.25) is 10.00 Å². The molecule has 3 heterocycles. The number of nitrogens with zero attached hydrogens (tertiary/aromatic N) is 3. The van der Waals surface area contributed by atoms with E-state index in [9.17, 15) is 4.79 Å². The zero-order valence-electron chi connectivity index (χ0n) is 13.4. The summed E-state index contributed by atoms with van der Waals surface area (Å²) in [5, 5.41) is 7.89. The van der Waals surface area contributed by atoms with Gasteiger partial charge < -0.3 is 4.74 Å². The van der Waals surface area contributed by atoms with Crippen LogP contribution in [0.15, 0.2) is 30.5 Å². The van der Waals surface area contributed by atoms with Crippen molar-refractivity contribution in [2.75, 3.05) is 13.7 Å². The van der Waals surface area contributed by atoms with E-state index in [1.165, 1.54) is 11.8 Å². The number of benzene rings is 1. The molecule has 1 aliphatic heterocycles. The summed E-state index contributed by atoms with van der Waals surface area (Å²) in [6.45, 7) is 1.66. The topological polar surface area (TPSA) is 71.1 Å². The zero-order chi connectivity index (χ0) is 16.5. The standard InChI is InChI=1S/C17H18N4O2S/c1-23-17(22)15-11(9-18-20-15)10-21-8-4-6-13(21)16-19-12-5-2-3-7-14(12)24-16/h2-3,5,7,9,13H,4,6,8,10H2,1H3,(H,18,20)/t13-/m0/s1. The average molecular weight is 342 g/mol. The first-order valence-corrected chi connectivity index (χ1v) is 8.78. The number of fused-ring (bicyclic) bond motifs is 1. The summed E-state index contributed by atoms with van der Waals surface area (Å²) in [7, 11) is 1.38. The van der Waals surface area contributed by atoms with Crippen LogP contribution >= 0.6 is 11.3 Å². The van der Waals surface area contributed by atoms with Gasteiger partial charge in [-0.2, -0.15) is 5.10 Å². The summed E-state index contributed by atoms with van der Waals surface area (Å²) in [6, 6.07) is 8.53. The fraction of sp³-hybridized carbons (Fsp3) is 0.353. The Kier molecular flexibility index (Phi) is 4.03. The number of likely N-dealkylation sites (tertiary alicyclic amines) is 1. The fourth-order valence-electron chi connectivity index (χ4n) is 3.26. The van der Waals surface area contributed by atoms with Gasteiger partial charge in [-0.15, -0.1) is 11.3 Å². The van der Waals surface area contributed by atoms with E-state index in [0.717, 1.165) is 35.5 Å². The minimum absolute atomic E-state index is 0.294. The predicted molar refractivity (Wildman–Crippen MR) is 91.9 cm³/mol. The van der Waals surface area contributed by atoms with Crippen LogP contribution in [-0.2, 0) is 11.3 Å². The maximum absolute atomic E-state index is 11.8. The number of carbonyl (C=O) groups excluding carboxylic acids is 1. The Hall–Kier alpha value is -2.25. The number of methoxy groups -OCH3 is 1. The minimum Gasteiger partial charge on any atom is -0.464 e. The quantitative estimate of drug-likeness (QED) is 0.738. The van der Waals surface area contributed by atoms with Crippen molar-refractivity contribution in [2.24, 2.45) is 0 Å². The van der Waals surface area contributed by atoms with Crippen LogP contribution in [0.3, 0.4) is 0 Å². The summed E-state index contributed by atoms with van der Waals surface area (Å²) in [6.07, 6.45) is 3.93. The molecule has 0 spiro atoms. The molecule has 24 heavy (non-hydrogen) atoms. The van der Waals surface area contributed by atoms with E-state index in [0.29, 0.717) is 18.3 Å². The van der Waals surface area contributed by atoms with Crippen LogP contribution in [0.4, 0.5) is 0 Å². The Balaban J connectivity index is 1.59. The third kappa shape index (κ3) is 2.70. The average Bonchev–Trinajstić information content (AvgIpc) is 3.33. The molecule has 1 aromatic carbocycles. The normalized spacial score (nSPS) is 18.3. The molecule has 124 valence electrons. The fourth-order valence-corrected chi connectivity index (χ4v) is 4.39. The van der Waals surface area contributed by atoms with Crippen LogP contribution < -0.4 is 0 Å². The second-order valence-corrected chi connectivity index (χ2v) is 6.97. The molecule has 6 nitrogen and oxygen atoms in total. The highest BCUT2D eigenvalue weighted by Crippen LogP contribution is 2.37. The number of nitrogens with one attached hydrogen (secondary N) is 1. The molecule has 1 fully saturated rings. The molecule has 1 N–H and O–H groups in total. The Morgan fingerprint density at radius 2 is 2.33 bits per heavy atom. The third-order valence-corrected chi connectivity index (χ3v) is 5.58. The maximum Gasteiger partial charge on any atom is 0.356 e. The van der Waals surface area contributed by atoms with Crippen molar-refractivity contribution in [1.29, 1.82) is 0 Å². The van der Waals surface area contributed by atoms with Crippen molar-refractivity contribution < 1.29 is 9.53 Å². The summed E-state index contributed by atoms with van der Waals surface area (Å²) in [4.78, 5) is 19.0. The molecule has 0 saturated carbocycles. The van der Waals surface area contributed by atoms with Crippen LogP contribution in [0, 0.1) is 0 Å². The summed E-state index contributed by atoms with van der Waals surface area (Å²) < 4.78 is 6.03. The Morgan fingerprint density at radius 3 is 3.17 bits per heavy atom. The van der Waals surface area contributed by atoms with Crippen LogP contribution in [0.5, 0.6) is 0 Å². The molecule has 3 aromatic rings. The van der Waals surface area contributed by atoms with E-state index in [1.54, 1.807) is 17.5 Å². The number of para-hydroxylation sites is 1. The van der Waals surface area contributed by atoms with Gasteiger partial charge in [0.05, 0.1) is 29.6 Å². The second kappa shape index (κ2) is 6.33. The molecule has 1 saturated heterocycles. The van der Waals surface area contributed by atoms with Gasteiger partial charge >= 0.3 is 5.97 Å². The molecule has 2 aromatic heterocycles. The molecule has 0 bridgehead atoms. The Labute approximate surface area is 143 Å². The molecular formula is C17H18N4O2S. The van der Waals surface area contributed by atoms with Gasteiger partial charge in [0.15, 0.2) is 0 Å². The highest BCUT2D eigenvalue weighted by Gasteiger charge is 2.30. The van der Waals surface area contributed by atoms with E-state index < -0.39 is 0 Å². The number of esters is 1. The van der Waals surface area contributed by atoms with Crippen LogP contribution in [-0.4, -0.2) is 39.7 Å². The van der Waals surface area contributed by atoms with Gasteiger partial charge in [-0.25, -0.2) is 9.78 Å². The van der Waals surface area contributed by atoms with Crippen molar-refractivity contribution in [3.8, 4) is 0 Å². The molecule has 0 radical (unpaired) electrons. The molecule has 1 aliphatic rings. The molecule has 1 atom stereocenters. The lowest BCUT2D eigenvalue weighted by Crippen LogP contribution is -2.23. The maximum atomic E-state index is 11.8. The smallest absolute Gasteiger partial charge is 0.356 e. The largest absolute Gasteiger partial charge is 0.464 e. The van der Waals surface area contributed by atoms with E-state index in [4.69, 9.17) is 9.72 Å². The number of aromatic nitrogens is 3. The van der Waals surface area contributed by atoms with Crippen molar-refractivity contribution in [3.05, 3.63) is 46.7 Å². The predicted octanol–water partition coefficient (Wildman–Crippen LogP) is 3.14. The number of rotatable bonds is 4. The van der Waals surface area contributed by atoms with Gasteiger partial charge in [-0.05, 0) is 31.5 Å². The van der Waals surface area contributed by atoms with Gasteiger partial charge in [0.1, 0.15) is 10.7 Å². The number of hydrogen-bond acceptors (Lipinski definition) is 6. The lowest BCUT2D eigenvalue weighted by Gasteiger charge is -2.22. The first kappa shape index (κ1) is 15.3.